The van der Waals surface area contributed by atoms with Gasteiger partial charge < -0.3 is 19.9 Å². The number of rotatable bonds is 7. The minimum absolute atomic E-state index is 0. The number of hydrogen-bond donors (Lipinski definition) is 2. The van der Waals surface area contributed by atoms with E-state index in [4.69, 9.17) is 4.74 Å². The predicted molar refractivity (Wildman–Crippen MR) is 132 cm³/mol. The van der Waals surface area contributed by atoms with Crippen molar-refractivity contribution >= 4 is 29.9 Å². The number of fused-ring (bicyclic) bond motifs is 1. The average molecular weight is 526 g/mol. The monoisotopic (exact) mass is 526 g/mol. The molecule has 30 heavy (non-hydrogen) atoms. The topological polar surface area (TPSA) is 76.4 Å². The second-order valence-electron chi connectivity index (χ2n) is 8.06. The number of nitrogens with zero attached hydrogens (tertiary/aromatic N) is 4. The summed E-state index contributed by atoms with van der Waals surface area (Å²) in [4.78, 5) is 4.36. The number of nitrogens with one attached hydrogen (secondary N) is 2. The molecule has 1 atom stereocenters. The van der Waals surface area contributed by atoms with E-state index in [0.717, 1.165) is 42.9 Å². The normalized spacial score (nSPS) is 15.0. The van der Waals surface area contributed by atoms with Crippen LogP contribution in [0.2, 0.25) is 0 Å². The maximum Gasteiger partial charge on any atom is 0.191 e. The molecule has 8 heteroatoms. The van der Waals surface area contributed by atoms with E-state index < -0.39 is 0 Å². The highest BCUT2D eigenvalue weighted by atomic mass is 127. The Bertz CT molecular complexity index is 802. The molecule has 2 heterocycles. The van der Waals surface area contributed by atoms with Crippen LogP contribution >= 0.6 is 24.0 Å². The molecule has 0 spiro atoms. The number of ether oxygens (including phenoxy) is 1. The third-order valence-corrected chi connectivity index (χ3v) is 5.14. The first-order valence-corrected chi connectivity index (χ1v) is 10.7. The molecule has 1 aromatic heterocycles. The number of halogens is 1. The van der Waals surface area contributed by atoms with E-state index in [1.807, 2.05) is 12.1 Å². The number of hydrogen-bond acceptors (Lipinski definition) is 4. The van der Waals surface area contributed by atoms with Gasteiger partial charge in [-0.15, -0.1) is 34.2 Å². The van der Waals surface area contributed by atoms with Crippen LogP contribution in [0.5, 0.6) is 5.75 Å². The zero-order valence-corrected chi connectivity index (χ0v) is 20.8. The molecule has 0 bridgehead atoms. The van der Waals surface area contributed by atoms with Gasteiger partial charge >= 0.3 is 0 Å². The number of aromatic nitrogens is 3. The van der Waals surface area contributed by atoms with Crippen molar-refractivity contribution in [3.63, 3.8) is 0 Å². The third-order valence-electron chi connectivity index (χ3n) is 5.14. The molecule has 2 aromatic rings. The largest absolute Gasteiger partial charge is 0.493 e. The molecule has 1 aliphatic rings. The minimum Gasteiger partial charge on any atom is -0.493 e. The molecule has 0 radical (unpaired) electrons. The lowest BCUT2D eigenvalue weighted by molar-refractivity contribution is 0.271. The maximum absolute atomic E-state index is 5.77. The molecule has 1 unspecified atom stereocenters. The number of benzene rings is 1. The smallest absolute Gasteiger partial charge is 0.191 e. The summed E-state index contributed by atoms with van der Waals surface area (Å²) in [6.07, 6.45) is 4.68. The Morgan fingerprint density at radius 1 is 1.13 bits per heavy atom. The summed E-state index contributed by atoms with van der Waals surface area (Å²) < 4.78 is 8.02. The van der Waals surface area contributed by atoms with Crippen LogP contribution in [0.3, 0.4) is 0 Å². The van der Waals surface area contributed by atoms with E-state index in [9.17, 15) is 0 Å². The lowest BCUT2D eigenvalue weighted by atomic mass is 10.1. The quantitative estimate of drug-likeness (QED) is 0.323. The Hall–Kier alpha value is -1.84. The Labute approximate surface area is 197 Å². The van der Waals surface area contributed by atoms with Crippen molar-refractivity contribution in [3.05, 3.63) is 41.5 Å². The van der Waals surface area contributed by atoms with E-state index in [-0.39, 0.29) is 30.0 Å². The van der Waals surface area contributed by atoms with Crippen molar-refractivity contribution in [1.29, 1.82) is 0 Å². The fourth-order valence-electron chi connectivity index (χ4n) is 3.44. The second-order valence-corrected chi connectivity index (χ2v) is 8.06. The van der Waals surface area contributed by atoms with E-state index >= 15 is 0 Å². The summed E-state index contributed by atoms with van der Waals surface area (Å²) in [5, 5.41) is 15.6. The first-order chi connectivity index (χ1) is 14.1. The van der Waals surface area contributed by atoms with Crippen LogP contribution in [0.15, 0.2) is 29.3 Å². The maximum atomic E-state index is 5.77. The number of guanidine groups is 1. The standard InChI is InChI=1S/C22H34N6O.HI/c1-16(2)15-29-19-11-9-18(10-12-19)17(3)25-22(23-4)24-14-21-27-26-20-8-6-5-7-13-28(20)21;/h9-12,16-17H,5-8,13-15H2,1-4H3,(H2,23,24,25);1H. The zero-order valence-electron chi connectivity index (χ0n) is 18.5. The van der Waals surface area contributed by atoms with E-state index in [1.54, 1.807) is 7.05 Å². The van der Waals surface area contributed by atoms with Gasteiger partial charge in [0.25, 0.3) is 0 Å². The van der Waals surface area contributed by atoms with Gasteiger partial charge in [0.1, 0.15) is 11.6 Å². The summed E-state index contributed by atoms with van der Waals surface area (Å²) in [5.41, 5.74) is 1.18. The lowest BCUT2D eigenvalue weighted by Gasteiger charge is -2.19. The van der Waals surface area contributed by atoms with Gasteiger partial charge in [0.2, 0.25) is 0 Å². The molecule has 7 nitrogen and oxygen atoms in total. The molecule has 3 rings (SSSR count). The molecule has 0 amide bonds. The Morgan fingerprint density at radius 2 is 1.90 bits per heavy atom. The first-order valence-electron chi connectivity index (χ1n) is 10.7. The molecule has 0 fully saturated rings. The van der Waals surface area contributed by atoms with Crippen LogP contribution in [-0.2, 0) is 19.5 Å². The highest BCUT2D eigenvalue weighted by Gasteiger charge is 2.15. The van der Waals surface area contributed by atoms with Gasteiger partial charge in [-0.05, 0) is 43.4 Å². The van der Waals surface area contributed by atoms with Crippen LogP contribution in [0.4, 0.5) is 0 Å². The fourth-order valence-corrected chi connectivity index (χ4v) is 3.44. The van der Waals surface area contributed by atoms with Crippen LogP contribution in [0, 0.1) is 5.92 Å². The summed E-state index contributed by atoms with van der Waals surface area (Å²) in [7, 11) is 1.79. The zero-order chi connectivity index (χ0) is 20.6. The molecular formula is C22H35IN6O. The number of aryl methyl sites for hydroxylation is 1. The molecule has 166 valence electrons. The Morgan fingerprint density at radius 3 is 2.60 bits per heavy atom. The summed E-state index contributed by atoms with van der Waals surface area (Å²) in [5.74, 6) is 4.26. The molecule has 1 aliphatic heterocycles. The molecule has 2 N–H and O–H groups in total. The summed E-state index contributed by atoms with van der Waals surface area (Å²) >= 11 is 0. The Balaban J connectivity index is 0.00000320. The van der Waals surface area contributed by atoms with Crippen molar-refractivity contribution in [2.45, 2.75) is 65.6 Å². The van der Waals surface area contributed by atoms with Crippen molar-refractivity contribution in [3.8, 4) is 5.75 Å². The lowest BCUT2D eigenvalue weighted by Crippen LogP contribution is -2.38. The van der Waals surface area contributed by atoms with Gasteiger partial charge in [0.05, 0.1) is 19.2 Å². The van der Waals surface area contributed by atoms with Gasteiger partial charge in [-0.1, -0.05) is 32.4 Å². The molecule has 1 aromatic carbocycles. The van der Waals surface area contributed by atoms with Gasteiger partial charge in [-0.2, -0.15) is 0 Å². The minimum atomic E-state index is 0. The van der Waals surface area contributed by atoms with Gasteiger partial charge in [0.15, 0.2) is 11.8 Å². The highest BCUT2D eigenvalue weighted by Crippen LogP contribution is 2.18. The highest BCUT2D eigenvalue weighted by molar-refractivity contribution is 14.0. The van der Waals surface area contributed by atoms with Gasteiger partial charge in [-0.25, -0.2) is 0 Å². The molecule has 0 saturated carbocycles. The van der Waals surface area contributed by atoms with Crippen molar-refractivity contribution in [2.75, 3.05) is 13.7 Å². The summed E-state index contributed by atoms with van der Waals surface area (Å²) in [6, 6.07) is 8.36. The molecular weight excluding hydrogens is 491 g/mol. The van der Waals surface area contributed by atoms with Crippen LogP contribution in [-0.4, -0.2) is 34.4 Å². The van der Waals surface area contributed by atoms with Crippen molar-refractivity contribution < 1.29 is 4.74 Å². The SMILES string of the molecule is CN=C(NCc1nnc2n1CCCCC2)NC(C)c1ccc(OCC(C)C)cc1.I. The van der Waals surface area contributed by atoms with Crippen molar-refractivity contribution in [1.82, 2.24) is 25.4 Å². The van der Waals surface area contributed by atoms with E-state index in [2.05, 4.69) is 63.3 Å². The second kappa shape index (κ2) is 12.1. The van der Waals surface area contributed by atoms with Gasteiger partial charge in [-0.3, -0.25) is 4.99 Å². The number of aliphatic imine (C=N–C) groups is 1. The van der Waals surface area contributed by atoms with Gasteiger partial charge in [0, 0.05) is 20.0 Å². The average Bonchev–Trinajstić information content (AvgIpc) is 2.95. The van der Waals surface area contributed by atoms with E-state index in [1.165, 1.54) is 24.8 Å². The third kappa shape index (κ3) is 6.85. The fraction of sp³-hybridized carbons (Fsp3) is 0.591. The van der Waals surface area contributed by atoms with Crippen LogP contribution in [0.1, 0.15) is 63.3 Å². The summed E-state index contributed by atoms with van der Waals surface area (Å²) in [6.45, 7) is 8.77. The van der Waals surface area contributed by atoms with Crippen molar-refractivity contribution in [2.24, 2.45) is 10.9 Å². The van der Waals surface area contributed by atoms with Crippen LogP contribution < -0.4 is 15.4 Å². The van der Waals surface area contributed by atoms with Crippen LogP contribution in [0.25, 0.3) is 0 Å². The Kier molecular flexibility index (Phi) is 9.87. The predicted octanol–water partition coefficient (Wildman–Crippen LogP) is 4.08. The molecule has 0 aliphatic carbocycles. The van der Waals surface area contributed by atoms with E-state index in [0.29, 0.717) is 12.5 Å². The first kappa shape index (κ1) is 24.4. The molecule has 0 saturated heterocycles.